The monoisotopic (exact) mass is 187 g/mol. The normalized spacial score (nSPS) is 36.8. The van der Waals surface area contributed by atoms with Crippen molar-refractivity contribution in [2.45, 2.75) is 44.9 Å². The highest BCUT2D eigenvalue weighted by Crippen LogP contribution is 2.35. The Kier molecular flexibility index (Phi) is 3.91. The van der Waals surface area contributed by atoms with E-state index in [9.17, 15) is 0 Å². The Bertz CT molecular complexity index is 128. The first kappa shape index (κ1) is 10.4. The second-order valence-corrected chi connectivity index (χ2v) is 5.30. The second-order valence-electron chi connectivity index (χ2n) is 3.89. The van der Waals surface area contributed by atoms with Gasteiger partial charge in [-0.25, -0.2) is 0 Å². The van der Waals surface area contributed by atoms with Gasteiger partial charge in [0.15, 0.2) is 0 Å². The van der Waals surface area contributed by atoms with Crippen LogP contribution in [0.15, 0.2) is 0 Å². The molecule has 0 aromatic heterocycles. The Balaban J connectivity index is 2.45. The van der Waals surface area contributed by atoms with E-state index < -0.39 is 0 Å². The van der Waals surface area contributed by atoms with Crippen molar-refractivity contribution in [3.63, 3.8) is 0 Å². The van der Waals surface area contributed by atoms with Crippen molar-refractivity contribution >= 4 is 11.8 Å². The fourth-order valence-electron chi connectivity index (χ4n) is 1.74. The molecule has 0 aliphatic carbocycles. The predicted molar refractivity (Wildman–Crippen MR) is 57.6 cm³/mol. The Morgan fingerprint density at radius 2 is 2.25 bits per heavy atom. The van der Waals surface area contributed by atoms with Crippen LogP contribution in [0.4, 0.5) is 0 Å². The van der Waals surface area contributed by atoms with Crippen LogP contribution in [0.5, 0.6) is 0 Å². The molecule has 0 saturated carbocycles. The Labute approximate surface area is 80.7 Å². The SMILES string of the molecule is CCCC1(CC)NCC(C)CS1. The molecule has 0 amide bonds. The summed E-state index contributed by atoms with van der Waals surface area (Å²) in [5, 5.41) is 3.70. The van der Waals surface area contributed by atoms with E-state index in [1.807, 2.05) is 0 Å². The molecule has 12 heavy (non-hydrogen) atoms. The van der Waals surface area contributed by atoms with Gasteiger partial charge in [-0.05, 0) is 31.1 Å². The zero-order valence-electron chi connectivity index (χ0n) is 8.52. The number of rotatable bonds is 3. The first-order chi connectivity index (χ1) is 5.72. The van der Waals surface area contributed by atoms with Crippen LogP contribution >= 0.6 is 11.8 Å². The van der Waals surface area contributed by atoms with Gasteiger partial charge in [0, 0.05) is 0 Å². The van der Waals surface area contributed by atoms with Crippen LogP contribution in [-0.2, 0) is 0 Å². The first-order valence-electron chi connectivity index (χ1n) is 5.11. The highest BCUT2D eigenvalue weighted by atomic mass is 32.2. The number of hydrogen-bond acceptors (Lipinski definition) is 2. The molecule has 1 saturated heterocycles. The van der Waals surface area contributed by atoms with E-state index >= 15 is 0 Å². The van der Waals surface area contributed by atoms with Crippen molar-refractivity contribution in [2.24, 2.45) is 5.92 Å². The third-order valence-electron chi connectivity index (χ3n) is 2.64. The van der Waals surface area contributed by atoms with Gasteiger partial charge in [0.05, 0.1) is 4.87 Å². The average molecular weight is 187 g/mol. The lowest BCUT2D eigenvalue weighted by Crippen LogP contribution is -2.48. The zero-order valence-corrected chi connectivity index (χ0v) is 9.34. The van der Waals surface area contributed by atoms with Crippen LogP contribution < -0.4 is 5.32 Å². The standard InChI is InChI=1S/C10H21NS/c1-4-6-10(5-2)11-7-9(3)8-12-10/h9,11H,4-8H2,1-3H3. The minimum atomic E-state index is 0.418. The number of thioether (sulfide) groups is 1. The van der Waals surface area contributed by atoms with Crippen LogP contribution in [0, 0.1) is 5.92 Å². The highest BCUT2D eigenvalue weighted by Gasteiger charge is 2.31. The third-order valence-corrected chi connectivity index (χ3v) is 4.57. The van der Waals surface area contributed by atoms with Gasteiger partial charge in [-0.2, -0.15) is 0 Å². The topological polar surface area (TPSA) is 12.0 Å². The lowest BCUT2D eigenvalue weighted by molar-refractivity contribution is 0.375. The lowest BCUT2D eigenvalue weighted by Gasteiger charge is -2.39. The second kappa shape index (κ2) is 4.52. The molecule has 0 radical (unpaired) electrons. The average Bonchev–Trinajstić information content (AvgIpc) is 2.10. The molecular weight excluding hydrogens is 166 g/mol. The molecule has 0 aromatic carbocycles. The van der Waals surface area contributed by atoms with Crippen molar-refractivity contribution in [1.29, 1.82) is 0 Å². The van der Waals surface area contributed by atoms with Crippen molar-refractivity contribution in [3.8, 4) is 0 Å². The number of nitrogens with one attached hydrogen (secondary N) is 1. The molecule has 1 aliphatic rings. The van der Waals surface area contributed by atoms with Gasteiger partial charge < -0.3 is 5.32 Å². The summed E-state index contributed by atoms with van der Waals surface area (Å²) in [6, 6.07) is 0. The molecule has 1 nitrogen and oxygen atoms in total. The maximum Gasteiger partial charge on any atom is 0.0642 e. The summed E-state index contributed by atoms with van der Waals surface area (Å²) in [5.74, 6) is 2.19. The number of hydrogen-bond donors (Lipinski definition) is 1. The van der Waals surface area contributed by atoms with Gasteiger partial charge in [0.1, 0.15) is 0 Å². The highest BCUT2D eigenvalue weighted by molar-refractivity contribution is 8.00. The molecule has 72 valence electrons. The summed E-state index contributed by atoms with van der Waals surface area (Å²) in [6.45, 7) is 8.11. The largest absolute Gasteiger partial charge is 0.303 e. The molecular formula is C10H21NS. The van der Waals surface area contributed by atoms with E-state index in [-0.39, 0.29) is 0 Å². The van der Waals surface area contributed by atoms with Crippen molar-refractivity contribution in [1.82, 2.24) is 5.32 Å². The summed E-state index contributed by atoms with van der Waals surface area (Å²) in [6.07, 6.45) is 3.88. The summed E-state index contributed by atoms with van der Waals surface area (Å²) >= 11 is 2.13. The molecule has 1 heterocycles. The predicted octanol–water partition coefficient (Wildman–Crippen LogP) is 2.87. The molecule has 1 rings (SSSR count). The quantitative estimate of drug-likeness (QED) is 0.729. The first-order valence-corrected chi connectivity index (χ1v) is 6.10. The molecule has 2 unspecified atom stereocenters. The molecule has 1 aliphatic heterocycles. The van der Waals surface area contributed by atoms with Crippen LogP contribution in [-0.4, -0.2) is 17.2 Å². The zero-order chi connectivity index (χ0) is 9.03. The molecule has 1 fully saturated rings. The van der Waals surface area contributed by atoms with Gasteiger partial charge in [0.25, 0.3) is 0 Å². The molecule has 2 heteroatoms. The van der Waals surface area contributed by atoms with Gasteiger partial charge in [-0.15, -0.1) is 11.8 Å². The molecule has 1 N–H and O–H groups in total. The minimum Gasteiger partial charge on any atom is -0.303 e. The van der Waals surface area contributed by atoms with E-state index in [1.165, 1.54) is 31.6 Å². The smallest absolute Gasteiger partial charge is 0.0642 e. The van der Waals surface area contributed by atoms with Gasteiger partial charge in [-0.3, -0.25) is 0 Å². The minimum absolute atomic E-state index is 0.418. The summed E-state index contributed by atoms with van der Waals surface area (Å²) in [5.41, 5.74) is 0. The van der Waals surface area contributed by atoms with Crippen LogP contribution in [0.1, 0.15) is 40.0 Å². The third kappa shape index (κ3) is 2.40. The fraction of sp³-hybridized carbons (Fsp3) is 1.00. The van der Waals surface area contributed by atoms with Crippen molar-refractivity contribution < 1.29 is 0 Å². The molecule has 2 atom stereocenters. The van der Waals surface area contributed by atoms with E-state index in [0.29, 0.717) is 4.87 Å². The molecule has 0 bridgehead atoms. The maximum atomic E-state index is 3.70. The van der Waals surface area contributed by atoms with E-state index in [1.54, 1.807) is 0 Å². The molecule has 0 spiro atoms. The van der Waals surface area contributed by atoms with E-state index in [0.717, 1.165) is 5.92 Å². The Hall–Kier alpha value is 0.310. The fourth-order valence-corrected chi connectivity index (χ4v) is 3.20. The lowest BCUT2D eigenvalue weighted by atomic mass is 10.1. The Morgan fingerprint density at radius 3 is 2.67 bits per heavy atom. The van der Waals surface area contributed by atoms with Crippen molar-refractivity contribution in [3.05, 3.63) is 0 Å². The summed E-state index contributed by atoms with van der Waals surface area (Å²) in [4.78, 5) is 0.418. The van der Waals surface area contributed by atoms with Crippen LogP contribution in [0.25, 0.3) is 0 Å². The summed E-state index contributed by atoms with van der Waals surface area (Å²) < 4.78 is 0. The Morgan fingerprint density at radius 1 is 1.50 bits per heavy atom. The van der Waals surface area contributed by atoms with E-state index in [2.05, 4.69) is 37.8 Å². The van der Waals surface area contributed by atoms with Gasteiger partial charge in [0.2, 0.25) is 0 Å². The van der Waals surface area contributed by atoms with E-state index in [4.69, 9.17) is 0 Å². The van der Waals surface area contributed by atoms with Crippen LogP contribution in [0.2, 0.25) is 0 Å². The van der Waals surface area contributed by atoms with Gasteiger partial charge >= 0.3 is 0 Å². The maximum absolute atomic E-state index is 3.70. The summed E-state index contributed by atoms with van der Waals surface area (Å²) in [7, 11) is 0. The van der Waals surface area contributed by atoms with Crippen molar-refractivity contribution in [2.75, 3.05) is 12.3 Å². The van der Waals surface area contributed by atoms with Crippen LogP contribution in [0.3, 0.4) is 0 Å². The van der Waals surface area contributed by atoms with Gasteiger partial charge in [-0.1, -0.05) is 27.2 Å². The molecule has 0 aromatic rings.